The third kappa shape index (κ3) is 4.12. The average molecular weight is 494 g/mol. The van der Waals surface area contributed by atoms with E-state index in [4.69, 9.17) is 14.2 Å². The molecule has 2 aromatic carbocycles. The fraction of sp³-hybridized carbons (Fsp3) is 0.385. The number of benzene rings is 2. The first-order chi connectivity index (χ1) is 17.4. The number of carbonyl (C=O) groups is 2. The summed E-state index contributed by atoms with van der Waals surface area (Å²) in [5.74, 6) is 0.327. The summed E-state index contributed by atoms with van der Waals surface area (Å²) in [5.41, 5.74) is 2.42. The molecule has 2 aromatic rings. The van der Waals surface area contributed by atoms with Gasteiger partial charge in [-0.05, 0) is 36.1 Å². The lowest BCUT2D eigenvalue weighted by atomic mass is 9.99. The van der Waals surface area contributed by atoms with E-state index in [9.17, 15) is 19.7 Å². The maximum atomic E-state index is 12.9. The zero-order valence-corrected chi connectivity index (χ0v) is 20.1. The van der Waals surface area contributed by atoms with Crippen LogP contribution in [-0.2, 0) is 16.0 Å². The van der Waals surface area contributed by atoms with E-state index < -0.39 is 4.92 Å². The Hall–Kier alpha value is -4.08. The van der Waals surface area contributed by atoms with Crippen molar-refractivity contribution >= 4 is 23.8 Å². The van der Waals surface area contributed by atoms with Gasteiger partial charge in [0.1, 0.15) is 6.10 Å². The van der Waals surface area contributed by atoms with Gasteiger partial charge < -0.3 is 19.1 Å². The molecule has 10 nitrogen and oxygen atoms in total. The van der Waals surface area contributed by atoms with Gasteiger partial charge >= 0.3 is 6.09 Å². The van der Waals surface area contributed by atoms with E-state index in [2.05, 4.69) is 12.1 Å². The summed E-state index contributed by atoms with van der Waals surface area (Å²) in [5, 5.41) is 11.5. The van der Waals surface area contributed by atoms with Gasteiger partial charge in [0.2, 0.25) is 5.91 Å². The smallest absolute Gasteiger partial charge is 0.411 e. The molecule has 0 saturated carbocycles. The fourth-order valence-electron chi connectivity index (χ4n) is 5.46. The van der Waals surface area contributed by atoms with Crippen molar-refractivity contribution in [3.63, 3.8) is 0 Å². The van der Waals surface area contributed by atoms with Crippen LogP contribution in [0, 0.1) is 10.1 Å². The molecule has 0 aromatic heterocycles. The minimum atomic E-state index is -0.527. The van der Waals surface area contributed by atoms with E-state index in [-0.39, 0.29) is 47.2 Å². The molecule has 2 heterocycles. The summed E-state index contributed by atoms with van der Waals surface area (Å²) in [7, 11) is 2.84. The molecule has 2 saturated heterocycles. The molecule has 0 radical (unpaired) electrons. The zero-order valence-electron chi connectivity index (χ0n) is 20.1. The highest BCUT2D eigenvalue weighted by Crippen LogP contribution is 2.44. The number of hydrogen-bond acceptors (Lipinski definition) is 7. The Bertz CT molecular complexity index is 1240. The van der Waals surface area contributed by atoms with Gasteiger partial charge in [0.15, 0.2) is 11.5 Å². The van der Waals surface area contributed by atoms with Gasteiger partial charge in [-0.25, -0.2) is 4.79 Å². The van der Waals surface area contributed by atoms with Crippen LogP contribution in [0.3, 0.4) is 0 Å². The van der Waals surface area contributed by atoms with Gasteiger partial charge in [0, 0.05) is 31.6 Å². The Balaban J connectivity index is 1.26. The molecule has 1 aliphatic carbocycles. The predicted molar refractivity (Wildman–Crippen MR) is 130 cm³/mol. The molecule has 2 fully saturated rings. The second kappa shape index (κ2) is 9.52. The molecule has 3 aliphatic rings. The summed E-state index contributed by atoms with van der Waals surface area (Å²) in [6.07, 6.45) is 4.31. The highest BCUT2D eigenvalue weighted by Gasteiger charge is 2.50. The number of nitro groups is 1. The number of nitro benzene ring substituents is 1. The number of amides is 2. The van der Waals surface area contributed by atoms with Crippen LogP contribution in [0.15, 0.2) is 42.5 Å². The van der Waals surface area contributed by atoms with Crippen molar-refractivity contribution in [2.75, 3.05) is 27.3 Å². The van der Waals surface area contributed by atoms with Crippen molar-refractivity contribution in [3.8, 4) is 11.5 Å². The predicted octanol–water partition coefficient (Wildman–Crippen LogP) is 3.73. The number of fused-ring (bicyclic) bond motifs is 3. The zero-order chi connectivity index (χ0) is 25.4. The lowest BCUT2D eigenvalue weighted by Crippen LogP contribution is -2.47. The molecule has 5 rings (SSSR count). The molecule has 0 unspecified atom stereocenters. The monoisotopic (exact) mass is 493 g/mol. The van der Waals surface area contributed by atoms with E-state index in [0.717, 1.165) is 12.0 Å². The van der Waals surface area contributed by atoms with Crippen LogP contribution in [0.4, 0.5) is 10.5 Å². The van der Waals surface area contributed by atoms with Crippen LogP contribution < -0.4 is 9.47 Å². The van der Waals surface area contributed by atoms with E-state index in [1.807, 2.05) is 17.0 Å². The highest BCUT2D eigenvalue weighted by atomic mass is 16.6. The first-order valence-electron chi connectivity index (χ1n) is 11.9. The lowest BCUT2D eigenvalue weighted by molar-refractivity contribution is -0.385. The Kier molecular flexibility index (Phi) is 6.26. The Morgan fingerprint density at radius 1 is 1.14 bits per heavy atom. The molecular formula is C26H27N3O7. The third-order valence-electron chi connectivity index (χ3n) is 7.21. The lowest BCUT2D eigenvalue weighted by Gasteiger charge is -2.37. The van der Waals surface area contributed by atoms with E-state index in [0.29, 0.717) is 31.7 Å². The molecule has 0 bridgehead atoms. The normalized spacial score (nSPS) is 21.3. The number of rotatable bonds is 6. The van der Waals surface area contributed by atoms with Gasteiger partial charge in [0.05, 0.1) is 36.8 Å². The van der Waals surface area contributed by atoms with Crippen LogP contribution in [-0.4, -0.2) is 66.2 Å². The Morgan fingerprint density at radius 2 is 1.83 bits per heavy atom. The van der Waals surface area contributed by atoms with Crippen molar-refractivity contribution in [2.45, 2.75) is 37.5 Å². The number of hydrogen-bond donors (Lipinski definition) is 0. The maximum absolute atomic E-state index is 12.9. The molecule has 2 amide bonds. The molecule has 2 atom stereocenters. The molecule has 36 heavy (non-hydrogen) atoms. The van der Waals surface area contributed by atoms with Gasteiger partial charge in [-0.1, -0.05) is 24.3 Å². The summed E-state index contributed by atoms with van der Waals surface area (Å²) in [6, 6.07) is 10.8. The molecule has 2 aliphatic heterocycles. The van der Waals surface area contributed by atoms with Gasteiger partial charge in [-0.3, -0.25) is 19.8 Å². The number of likely N-dealkylation sites (tertiary alicyclic amines) is 1. The van der Waals surface area contributed by atoms with Gasteiger partial charge in [-0.15, -0.1) is 0 Å². The summed E-state index contributed by atoms with van der Waals surface area (Å²) in [6.45, 7) is 0.954. The standard InChI is InChI=1S/C26H27N3O7/c1-34-21-14-17(20(29(32)33)15-22(21)35-2)7-8-24(30)27-11-9-18(10-12-27)28-25-19-6-4-3-5-16(19)13-23(25)36-26(28)31/h3-8,14-15,18,23,25H,9-13H2,1-2H3/b8-7+/t23-,25+/m0/s1. The van der Waals surface area contributed by atoms with Crippen LogP contribution >= 0.6 is 0 Å². The maximum Gasteiger partial charge on any atom is 0.411 e. The number of ether oxygens (including phenoxy) is 3. The first-order valence-corrected chi connectivity index (χ1v) is 11.9. The summed E-state index contributed by atoms with van der Waals surface area (Å²) in [4.78, 5) is 40.1. The Morgan fingerprint density at radius 3 is 2.53 bits per heavy atom. The van der Waals surface area contributed by atoms with Crippen LogP contribution in [0.25, 0.3) is 6.08 Å². The largest absolute Gasteiger partial charge is 0.493 e. The minimum absolute atomic E-state index is 0.0152. The van der Waals surface area contributed by atoms with Crippen molar-refractivity contribution < 1.29 is 28.7 Å². The molecule has 0 N–H and O–H groups in total. The second-order valence-electron chi connectivity index (χ2n) is 9.09. The molecule has 10 heteroatoms. The topological polar surface area (TPSA) is 111 Å². The van der Waals surface area contributed by atoms with Gasteiger partial charge in [-0.2, -0.15) is 0 Å². The number of methoxy groups -OCH3 is 2. The molecule has 188 valence electrons. The minimum Gasteiger partial charge on any atom is -0.493 e. The van der Waals surface area contributed by atoms with Crippen molar-refractivity contribution in [3.05, 3.63) is 69.3 Å². The summed E-state index contributed by atoms with van der Waals surface area (Å²) < 4.78 is 16.1. The van der Waals surface area contributed by atoms with Gasteiger partial charge in [0.25, 0.3) is 5.69 Å². The van der Waals surface area contributed by atoms with Crippen molar-refractivity contribution in [1.29, 1.82) is 0 Å². The van der Waals surface area contributed by atoms with Crippen LogP contribution in [0.1, 0.15) is 35.6 Å². The van der Waals surface area contributed by atoms with Crippen molar-refractivity contribution in [1.82, 2.24) is 9.80 Å². The highest BCUT2D eigenvalue weighted by molar-refractivity contribution is 5.92. The quantitative estimate of drug-likeness (QED) is 0.342. The second-order valence-corrected chi connectivity index (χ2v) is 9.09. The molecule has 0 spiro atoms. The fourth-order valence-corrected chi connectivity index (χ4v) is 5.46. The van der Waals surface area contributed by atoms with E-state index in [1.165, 1.54) is 44.1 Å². The number of nitrogens with zero attached hydrogens (tertiary/aromatic N) is 3. The van der Waals surface area contributed by atoms with Crippen LogP contribution in [0.2, 0.25) is 0 Å². The SMILES string of the molecule is COc1cc(/C=C/C(=O)N2CCC(N3C(=O)O[C@H]4Cc5ccccc5[C@H]43)CC2)c([N+](=O)[O-])cc1OC. The molecular weight excluding hydrogens is 466 g/mol. The number of carbonyl (C=O) groups excluding carboxylic acids is 2. The Labute approximate surface area is 208 Å². The van der Waals surface area contributed by atoms with Crippen LogP contribution in [0.5, 0.6) is 11.5 Å². The van der Waals surface area contributed by atoms with E-state index in [1.54, 1.807) is 4.90 Å². The van der Waals surface area contributed by atoms with E-state index >= 15 is 0 Å². The first kappa shape index (κ1) is 23.7. The van der Waals surface area contributed by atoms with Crippen molar-refractivity contribution in [2.24, 2.45) is 0 Å². The number of piperidine rings is 1. The third-order valence-corrected chi connectivity index (χ3v) is 7.21. The summed E-state index contributed by atoms with van der Waals surface area (Å²) >= 11 is 0. The average Bonchev–Trinajstić information content (AvgIpc) is 3.40.